The van der Waals surface area contributed by atoms with E-state index in [1.165, 1.54) is 50.1 Å². The summed E-state index contributed by atoms with van der Waals surface area (Å²) in [6.45, 7) is 6.71. The van der Waals surface area contributed by atoms with Gasteiger partial charge in [-0.25, -0.2) is 0 Å². The third kappa shape index (κ3) is 1.82. The zero-order chi connectivity index (χ0) is 14.6. The van der Waals surface area contributed by atoms with Gasteiger partial charge in [0.2, 0.25) is 0 Å². The normalized spacial score (nSPS) is 15.1. The quantitative estimate of drug-likeness (QED) is 0.546. The molecule has 0 heterocycles. The first-order valence-corrected chi connectivity index (χ1v) is 7.74. The molecule has 0 saturated carbocycles. The van der Waals surface area contributed by atoms with Gasteiger partial charge in [0.15, 0.2) is 0 Å². The molecule has 2 aromatic carbocycles. The maximum atomic E-state index is 2.39. The second-order valence-corrected chi connectivity index (χ2v) is 6.38. The van der Waals surface area contributed by atoms with Crippen LogP contribution >= 0.6 is 0 Å². The number of rotatable bonds is 1. The molecule has 4 rings (SSSR count). The van der Waals surface area contributed by atoms with Gasteiger partial charge in [0.1, 0.15) is 0 Å². The van der Waals surface area contributed by atoms with E-state index in [4.69, 9.17) is 0 Å². The van der Waals surface area contributed by atoms with E-state index in [-0.39, 0.29) is 0 Å². The van der Waals surface area contributed by atoms with E-state index in [9.17, 15) is 0 Å². The summed E-state index contributed by atoms with van der Waals surface area (Å²) in [5.74, 6) is 0. The molecule has 0 atom stereocenters. The van der Waals surface area contributed by atoms with E-state index in [1.54, 1.807) is 0 Å². The average Bonchev–Trinajstić information content (AvgIpc) is 3.07. The molecule has 2 aliphatic carbocycles. The Balaban J connectivity index is 1.98. The molecule has 0 heteroatoms. The molecule has 0 aliphatic heterocycles. The van der Waals surface area contributed by atoms with Crippen molar-refractivity contribution < 1.29 is 0 Å². The fourth-order valence-electron chi connectivity index (χ4n) is 3.78. The highest BCUT2D eigenvalue weighted by Gasteiger charge is 2.25. The third-order valence-corrected chi connectivity index (χ3v) is 4.96. The topological polar surface area (TPSA) is 0 Å². The summed E-state index contributed by atoms with van der Waals surface area (Å²) in [6.07, 6.45) is 8.90. The predicted molar refractivity (Wildman–Crippen MR) is 90.6 cm³/mol. The van der Waals surface area contributed by atoms with Crippen LogP contribution in [0.1, 0.15) is 39.8 Å². The van der Waals surface area contributed by atoms with E-state index in [0.29, 0.717) is 0 Å². The summed E-state index contributed by atoms with van der Waals surface area (Å²) in [6, 6.07) is 9.28. The first-order chi connectivity index (χ1) is 10.1. The lowest BCUT2D eigenvalue weighted by Gasteiger charge is -2.16. The van der Waals surface area contributed by atoms with Crippen LogP contribution in [0.25, 0.3) is 16.7 Å². The van der Waals surface area contributed by atoms with Gasteiger partial charge in [-0.2, -0.15) is 0 Å². The minimum absolute atomic E-state index is 1.08. The van der Waals surface area contributed by atoms with Crippen molar-refractivity contribution in [3.05, 3.63) is 75.9 Å². The number of aryl methyl sites for hydroxylation is 2. The Kier molecular flexibility index (Phi) is 2.68. The average molecular weight is 272 g/mol. The molecule has 104 valence electrons. The van der Waals surface area contributed by atoms with Crippen LogP contribution in [0, 0.1) is 20.8 Å². The SMILES string of the molecule is Cc1ccc2c(c1)Cc1c-2cc(C)c(C)c1C1=CC=CC1. The highest BCUT2D eigenvalue weighted by molar-refractivity contribution is 5.87. The van der Waals surface area contributed by atoms with Crippen molar-refractivity contribution in [2.45, 2.75) is 33.6 Å². The predicted octanol–water partition coefficient (Wildman–Crippen LogP) is 5.53. The van der Waals surface area contributed by atoms with E-state index in [2.05, 4.69) is 63.3 Å². The van der Waals surface area contributed by atoms with Gasteiger partial charge in [0.25, 0.3) is 0 Å². The van der Waals surface area contributed by atoms with Crippen LogP contribution in [0.4, 0.5) is 0 Å². The lowest BCUT2D eigenvalue weighted by molar-refractivity contribution is 1.19. The molecular weight excluding hydrogens is 252 g/mol. The van der Waals surface area contributed by atoms with Crippen LogP contribution in [0.5, 0.6) is 0 Å². The van der Waals surface area contributed by atoms with E-state index >= 15 is 0 Å². The zero-order valence-corrected chi connectivity index (χ0v) is 13.0. The van der Waals surface area contributed by atoms with Crippen LogP contribution in [-0.4, -0.2) is 0 Å². The van der Waals surface area contributed by atoms with Crippen LogP contribution in [0.2, 0.25) is 0 Å². The second-order valence-electron chi connectivity index (χ2n) is 6.38. The molecule has 0 amide bonds. The highest BCUT2D eigenvalue weighted by atomic mass is 14.3. The molecule has 0 spiro atoms. The minimum atomic E-state index is 1.08. The van der Waals surface area contributed by atoms with Gasteiger partial charge < -0.3 is 0 Å². The maximum absolute atomic E-state index is 2.39. The molecule has 0 aromatic heterocycles. The van der Waals surface area contributed by atoms with Crippen molar-refractivity contribution in [2.24, 2.45) is 0 Å². The summed E-state index contributed by atoms with van der Waals surface area (Å²) in [4.78, 5) is 0. The lowest BCUT2D eigenvalue weighted by Crippen LogP contribution is -1.98. The molecule has 0 nitrogen and oxygen atoms in total. The number of hydrogen-bond acceptors (Lipinski definition) is 0. The minimum Gasteiger partial charge on any atom is -0.0801 e. The molecule has 0 fully saturated rings. The first-order valence-electron chi connectivity index (χ1n) is 7.74. The van der Waals surface area contributed by atoms with Gasteiger partial charge in [-0.1, -0.05) is 48.1 Å². The molecular formula is C21H20. The van der Waals surface area contributed by atoms with Crippen molar-refractivity contribution in [1.29, 1.82) is 0 Å². The smallest absolute Gasteiger partial charge is 0.000720 e. The Hall–Kier alpha value is -2.08. The molecule has 0 bridgehead atoms. The Morgan fingerprint density at radius 1 is 0.952 bits per heavy atom. The van der Waals surface area contributed by atoms with Gasteiger partial charge in [-0.3, -0.25) is 0 Å². The standard InChI is InChI=1S/C21H20/c1-13-8-9-18-17(10-13)12-20-19(18)11-14(2)15(3)21(20)16-6-4-5-7-16/h4-6,8-11H,7,12H2,1-3H3. The number of fused-ring (bicyclic) bond motifs is 3. The molecule has 0 N–H and O–H groups in total. The Labute approximate surface area is 126 Å². The van der Waals surface area contributed by atoms with Gasteiger partial charge in [0, 0.05) is 0 Å². The number of allylic oxidation sites excluding steroid dienone is 4. The van der Waals surface area contributed by atoms with Crippen molar-refractivity contribution in [3.63, 3.8) is 0 Å². The highest BCUT2D eigenvalue weighted by Crippen LogP contribution is 2.44. The first kappa shape index (κ1) is 12.6. The maximum Gasteiger partial charge on any atom is -0.000720 e. The monoisotopic (exact) mass is 272 g/mol. The van der Waals surface area contributed by atoms with Crippen molar-refractivity contribution >= 4 is 5.57 Å². The lowest BCUT2D eigenvalue weighted by atomic mass is 9.88. The summed E-state index contributed by atoms with van der Waals surface area (Å²) in [5, 5.41) is 0. The Bertz CT molecular complexity index is 816. The van der Waals surface area contributed by atoms with E-state index < -0.39 is 0 Å². The summed E-state index contributed by atoms with van der Waals surface area (Å²) < 4.78 is 0. The molecule has 2 aliphatic rings. The summed E-state index contributed by atoms with van der Waals surface area (Å²) in [7, 11) is 0. The van der Waals surface area contributed by atoms with E-state index in [0.717, 1.165) is 12.8 Å². The number of benzene rings is 2. The fourth-order valence-corrected chi connectivity index (χ4v) is 3.78. The number of hydrogen-bond donors (Lipinski definition) is 0. The molecule has 0 saturated heterocycles. The van der Waals surface area contributed by atoms with Crippen LogP contribution in [-0.2, 0) is 6.42 Å². The largest absolute Gasteiger partial charge is 0.0801 e. The van der Waals surface area contributed by atoms with Crippen molar-refractivity contribution in [2.75, 3.05) is 0 Å². The van der Waals surface area contributed by atoms with Gasteiger partial charge >= 0.3 is 0 Å². The Morgan fingerprint density at radius 2 is 1.81 bits per heavy atom. The summed E-state index contributed by atoms with van der Waals surface area (Å²) >= 11 is 0. The van der Waals surface area contributed by atoms with Crippen molar-refractivity contribution in [3.8, 4) is 11.1 Å². The van der Waals surface area contributed by atoms with Gasteiger partial charge in [0.05, 0.1) is 0 Å². The van der Waals surface area contributed by atoms with Crippen LogP contribution < -0.4 is 0 Å². The van der Waals surface area contributed by atoms with Crippen LogP contribution in [0.15, 0.2) is 42.5 Å². The fraction of sp³-hybridized carbons (Fsp3) is 0.238. The Morgan fingerprint density at radius 3 is 2.57 bits per heavy atom. The summed E-state index contributed by atoms with van der Waals surface area (Å²) in [5.41, 5.74) is 13.1. The van der Waals surface area contributed by atoms with E-state index in [1.807, 2.05) is 0 Å². The van der Waals surface area contributed by atoms with Gasteiger partial charge in [-0.15, -0.1) is 0 Å². The van der Waals surface area contributed by atoms with Gasteiger partial charge in [-0.05, 0) is 78.1 Å². The molecule has 0 unspecified atom stereocenters. The van der Waals surface area contributed by atoms with Crippen molar-refractivity contribution in [1.82, 2.24) is 0 Å². The van der Waals surface area contributed by atoms with Crippen LogP contribution in [0.3, 0.4) is 0 Å². The second kappa shape index (κ2) is 4.46. The molecule has 0 radical (unpaired) electrons. The molecule has 21 heavy (non-hydrogen) atoms. The molecule has 2 aromatic rings. The zero-order valence-electron chi connectivity index (χ0n) is 13.0. The third-order valence-electron chi connectivity index (χ3n) is 4.96.